The number of hydrogen-bond donors (Lipinski definition) is 1. The van der Waals surface area contributed by atoms with E-state index in [-0.39, 0.29) is 5.91 Å². The lowest BCUT2D eigenvalue weighted by Crippen LogP contribution is -2.15. The standard InChI is InChI=1S/C19H17NO5/c1-23-19(22)12-3-2-4-13(9-12)20-18(21)16-14-6-8-24-15(14)10-11-5-7-25-17(11)16/h2-4,9-10H,5-8H2,1H3,(H,20,21). The number of esters is 1. The second-order valence-corrected chi connectivity index (χ2v) is 5.94. The van der Waals surface area contributed by atoms with Crippen molar-refractivity contribution < 1.29 is 23.8 Å². The van der Waals surface area contributed by atoms with E-state index in [4.69, 9.17) is 14.2 Å². The summed E-state index contributed by atoms with van der Waals surface area (Å²) in [5.41, 5.74) is 3.31. The van der Waals surface area contributed by atoms with Gasteiger partial charge in [-0.2, -0.15) is 0 Å². The van der Waals surface area contributed by atoms with E-state index >= 15 is 0 Å². The summed E-state index contributed by atoms with van der Waals surface area (Å²) >= 11 is 0. The van der Waals surface area contributed by atoms with Crippen LogP contribution in [0.2, 0.25) is 0 Å². The average molecular weight is 339 g/mol. The highest BCUT2D eigenvalue weighted by atomic mass is 16.5. The van der Waals surface area contributed by atoms with Crippen molar-refractivity contribution in [3.63, 3.8) is 0 Å². The fourth-order valence-electron chi connectivity index (χ4n) is 3.26. The maximum atomic E-state index is 12.9. The molecular formula is C19H17NO5. The molecule has 6 nitrogen and oxygen atoms in total. The summed E-state index contributed by atoms with van der Waals surface area (Å²) in [5.74, 6) is 0.695. The van der Waals surface area contributed by atoms with Gasteiger partial charge < -0.3 is 19.5 Å². The number of rotatable bonds is 3. The summed E-state index contributed by atoms with van der Waals surface area (Å²) in [4.78, 5) is 24.6. The highest BCUT2D eigenvalue weighted by Gasteiger charge is 2.30. The highest BCUT2D eigenvalue weighted by molar-refractivity contribution is 6.08. The Morgan fingerprint density at radius 2 is 1.96 bits per heavy atom. The second kappa shape index (κ2) is 6.12. The van der Waals surface area contributed by atoms with Crippen LogP contribution >= 0.6 is 0 Å². The van der Waals surface area contributed by atoms with Gasteiger partial charge in [-0.3, -0.25) is 4.79 Å². The monoisotopic (exact) mass is 339 g/mol. The predicted octanol–water partition coefficient (Wildman–Crippen LogP) is 2.60. The van der Waals surface area contributed by atoms with Crippen molar-refractivity contribution in [2.24, 2.45) is 0 Å². The molecule has 0 fully saturated rings. The molecule has 0 aromatic heterocycles. The first kappa shape index (κ1) is 15.5. The predicted molar refractivity (Wildman–Crippen MR) is 90.6 cm³/mol. The normalized spacial score (nSPS) is 14.1. The van der Waals surface area contributed by atoms with Gasteiger partial charge in [0.15, 0.2) is 0 Å². The van der Waals surface area contributed by atoms with E-state index in [1.165, 1.54) is 7.11 Å². The van der Waals surface area contributed by atoms with Crippen molar-refractivity contribution in [1.82, 2.24) is 0 Å². The van der Waals surface area contributed by atoms with E-state index in [0.29, 0.717) is 42.2 Å². The number of hydrogen-bond acceptors (Lipinski definition) is 5. The lowest BCUT2D eigenvalue weighted by molar-refractivity contribution is 0.0600. The van der Waals surface area contributed by atoms with Crippen LogP contribution in [-0.4, -0.2) is 32.2 Å². The van der Waals surface area contributed by atoms with Gasteiger partial charge in [0.05, 0.1) is 31.5 Å². The van der Waals surface area contributed by atoms with Crippen molar-refractivity contribution in [2.75, 3.05) is 25.6 Å². The quantitative estimate of drug-likeness (QED) is 0.870. The Morgan fingerprint density at radius 1 is 1.12 bits per heavy atom. The zero-order valence-corrected chi connectivity index (χ0v) is 13.8. The van der Waals surface area contributed by atoms with Crippen LogP contribution in [0.4, 0.5) is 5.69 Å². The lowest BCUT2D eigenvalue weighted by Gasteiger charge is -2.13. The van der Waals surface area contributed by atoms with Gasteiger partial charge in [0.2, 0.25) is 0 Å². The second-order valence-electron chi connectivity index (χ2n) is 5.94. The number of carbonyl (C=O) groups excluding carboxylic acids is 2. The minimum atomic E-state index is -0.450. The van der Waals surface area contributed by atoms with Gasteiger partial charge in [-0.05, 0) is 24.3 Å². The van der Waals surface area contributed by atoms with Gasteiger partial charge in [-0.1, -0.05) is 6.07 Å². The van der Waals surface area contributed by atoms with Crippen LogP contribution in [0.5, 0.6) is 11.5 Å². The van der Waals surface area contributed by atoms with Gasteiger partial charge in [-0.15, -0.1) is 0 Å². The first-order valence-electron chi connectivity index (χ1n) is 8.11. The SMILES string of the molecule is COC(=O)c1cccc(NC(=O)c2c3c(cc4c2OCC4)OCC3)c1. The third-order valence-corrected chi connectivity index (χ3v) is 4.42. The molecule has 0 saturated carbocycles. The van der Waals surface area contributed by atoms with Gasteiger partial charge in [0, 0.05) is 29.7 Å². The van der Waals surface area contributed by atoms with E-state index in [2.05, 4.69) is 5.32 Å². The molecule has 0 saturated heterocycles. The Morgan fingerprint density at radius 3 is 2.80 bits per heavy atom. The summed E-state index contributed by atoms with van der Waals surface area (Å²) in [6.45, 7) is 1.13. The number of benzene rings is 2. The van der Waals surface area contributed by atoms with Gasteiger partial charge in [0.25, 0.3) is 5.91 Å². The molecule has 128 valence electrons. The summed E-state index contributed by atoms with van der Waals surface area (Å²) < 4.78 is 16.0. The van der Waals surface area contributed by atoms with Gasteiger partial charge >= 0.3 is 5.97 Å². The zero-order valence-electron chi connectivity index (χ0n) is 13.8. The van der Waals surface area contributed by atoms with Crippen LogP contribution in [0.25, 0.3) is 0 Å². The average Bonchev–Trinajstić information content (AvgIpc) is 3.27. The number of nitrogens with one attached hydrogen (secondary N) is 1. The van der Waals surface area contributed by atoms with Crippen LogP contribution < -0.4 is 14.8 Å². The summed E-state index contributed by atoms with van der Waals surface area (Å²) in [5, 5.41) is 2.85. The number of methoxy groups -OCH3 is 1. The maximum Gasteiger partial charge on any atom is 0.337 e. The van der Waals surface area contributed by atoms with E-state index in [0.717, 1.165) is 23.3 Å². The molecule has 1 N–H and O–H groups in total. The van der Waals surface area contributed by atoms with Crippen molar-refractivity contribution in [3.8, 4) is 11.5 Å². The van der Waals surface area contributed by atoms with Gasteiger partial charge in [0.1, 0.15) is 11.5 Å². The molecule has 2 aliphatic rings. The molecule has 0 unspecified atom stereocenters. The minimum Gasteiger partial charge on any atom is -0.493 e. The van der Waals surface area contributed by atoms with Crippen LogP contribution in [0.3, 0.4) is 0 Å². The van der Waals surface area contributed by atoms with E-state index in [9.17, 15) is 9.59 Å². The summed E-state index contributed by atoms with van der Waals surface area (Å²) in [7, 11) is 1.32. The molecule has 0 atom stereocenters. The van der Waals surface area contributed by atoms with Crippen LogP contribution in [-0.2, 0) is 17.6 Å². The first-order valence-corrected chi connectivity index (χ1v) is 8.11. The van der Waals surface area contributed by atoms with E-state index in [1.807, 2.05) is 6.07 Å². The highest BCUT2D eigenvalue weighted by Crippen LogP contribution is 2.40. The molecule has 1 amide bonds. The van der Waals surface area contributed by atoms with Gasteiger partial charge in [-0.25, -0.2) is 4.79 Å². The van der Waals surface area contributed by atoms with Crippen molar-refractivity contribution in [2.45, 2.75) is 12.8 Å². The summed E-state index contributed by atoms with van der Waals surface area (Å²) in [6.07, 6.45) is 1.45. The molecule has 25 heavy (non-hydrogen) atoms. The Bertz CT molecular complexity index is 842. The summed E-state index contributed by atoms with van der Waals surface area (Å²) in [6, 6.07) is 8.62. The number of ether oxygens (including phenoxy) is 3. The lowest BCUT2D eigenvalue weighted by atomic mass is 9.99. The number of amides is 1. The molecule has 0 spiro atoms. The third-order valence-electron chi connectivity index (χ3n) is 4.42. The topological polar surface area (TPSA) is 73.9 Å². The molecule has 0 bridgehead atoms. The molecule has 2 aromatic rings. The molecule has 6 heteroatoms. The van der Waals surface area contributed by atoms with Crippen LogP contribution in [0.1, 0.15) is 31.8 Å². The molecule has 0 radical (unpaired) electrons. The molecule has 2 aromatic carbocycles. The van der Waals surface area contributed by atoms with Crippen LogP contribution in [0, 0.1) is 0 Å². The minimum absolute atomic E-state index is 0.262. The molecule has 4 rings (SSSR count). The van der Waals surface area contributed by atoms with E-state index < -0.39 is 5.97 Å². The zero-order chi connectivity index (χ0) is 17.4. The molecular weight excluding hydrogens is 322 g/mol. The van der Waals surface area contributed by atoms with E-state index in [1.54, 1.807) is 24.3 Å². The first-order chi connectivity index (χ1) is 12.2. The van der Waals surface area contributed by atoms with Crippen LogP contribution in [0.15, 0.2) is 30.3 Å². The van der Waals surface area contributed by atoms with Crippen molar-refractivity contribution in [3.05, 3.63) is 52.6 Å². The Kier molecular flexibility index (Phi) is 3.80. The largest absolute Gasteiger partial charge is 0.493 e. The number of carbonyl (C=O) groups is 2. The fourth-order valence-corrected chi connectivity index (χ4v) is 3.26. The third kappa shape index (κ3) is 2.69. The number of anilines is 1. The fraction of sp³-hybridized carbons (Fsp3) is 0.263. The Labute approximate surface area is 144 Å². The van der Waals surface area contributed by atoms with Crippen molar-refractivity contribution in [1.29, 1.82) is 0 Å². The maximum absolute atomic E-state index is 12.9. The number of fused-ring (bicyclic) bond motifs is 2. The Balaban J connectivity index is 1.68. The molecule has 2 heterocycles. The molecule has 2 aliphatic heterocycles. The Hall–Kier alpha value is -3.02. The molecule has 0 aliphatic carbocycles. The van der Waals surface area contributed by atoms with Crippen molar-refractivity contribution >= 4 is 17.6 Å². The smallest absolute Gasteiger partial charge is 0.337 e.